The average Bonchev–Trinajstić information content (AvgIpc) is 1.90. The quantitative estimate of drug-likeness (QED) is 0.411. The van der Waals surface area contributed by atoms with Crippen molar-refractivity contribution in [3.8, 4) is 0 Å². The van der Waals surface area contributed by atoms with Crippen molar-refractivity contribution in [3.63, 3.8) is 0 Å². The van der Waals surface area contributed by atoms with Crippen molar-refractivity contribution < 1.29 is 4.39 Å². The molecule has 1 N–H and O–H groups in total. The summed E-state index contributed by atoms with van der Waals surface area (Å²) in [6.07, 6.45) is 5.58. The van der Waals surface area contributed by atoms with Crippen LogP contribution in [-0.4, -0.2) is 12.1 Å². The van der Waals surface area contributed by atoms with Gasteiger partial charge in [-0.15, -0.1) is 0 Å². The van der Waals surface area contributed by atoms with Gasteiger partial charge in [0.05, 0.1) is 0 Å². The van der Waals surface area contributed by atoms with Gasteiger partial charge in [-0.1, -0.05) is 6.58 Å². The zero-order valence-electron chi connectivity index (χ0n) is 4.84. The Bertz CT molecular complexity index is 174. The largest absolute Gasteiger partial charge is 0.338 e. The van der Waals surface area contributed by atoms with E-state index in [1.165, 1.54) is 12.4 Å². The van der Waals surface area contributed by atoms with E-state index in [-0.39, 0.29) is 0 Å². The Kier molecular flexibility index (Phi) is 1.34. The molecule has 1 heterocycles. The summed E-state index contributed by atoms with van der Waals surface area (Å²) in [5.41, 5.74) is 0. The molecule has 0 aromatic heterocycles. The van der Waals surface area contributed by atoms with Crippen molar-refractivity contribution in [1.82, 2.24) is 5.32 Å². The highest BCUT2D eigenvalue weighted by atomic mass is 19.1. The molecular formula is C6H7FN2. The van der Waals surface area contributed by atoms with E-state index in [9.17, 15) is 4.39 Å². The summed E-state index contributed by atoms with van der Waals surface area (Å²) in [7, 11) is 0. The van der Waals surface area contributed by atoms with E-state index >= 15 is 0 Å². The van der Waals surface area contributed by atoms with Crippen molar-refractivity contribution in [3.05, 3.63) is 24.9 Å². The van der Waals surface area contributed by atoms with Crippen molar-refractivity contribution in [2.45, 2.75) is 5.92 Å². The molecule has 0 saturated carbocycles. The number of nitrogens with one attached hydrogen (secondary N) is 1. The number of hydrogen-bond acceptors (Lipinski definition) is 2. The predicted octanol–water partition coefficient (Wildman–Crippen LogP) is 0.983. The minimum absolute atomic E-state index is 1.10. The van der Waals surface area contributed by atoms with E-state index in [0.717, 1.165) is 6.08 Å². The van der Waals surface area contributed by atoms with Gasteiger partial charge in [0, 0.05) is 12.4 Å². The van der Waals surface area contributed by atoms with E-state index in [0.29, 0.717) is 0 Å². The molecule has 2 nitrogen and oxygen atoms in total. The van der Waals surface area contributed by atoms with Gasteiger partial charge >= 0.3 is 0 Å². The van der Waals surface area contributed by atoms with Gasteiger partial charge in [-0.25, -0.2) is 4.99 Å². The van der Waals surface area contributed by atoms with E-state index in [1.807, 2.05) is 0 Å². The van der Waals surface area contributed by atoms with Gasteiger partial charge in [-0.2, -0.15) is 4.39 Å². The van der Waals surface area contributed by atoms with Gasteiger partial charge in [0.2, 0.25) is 0 Å². The lowest BCUT2D eigenvalue weighted by Gasteiger charge is -2.17. The van der Waals surface area contributed by atoms with E-state index < -0.39 is 5.92 Å². The van der Waals surface area contributed by atoms with Crippen molar-refractivity contribution >= 4 is 6.21 Å². The number of rotatable bonds is 1. The maximum Gasteiger partial charge on any atom is 0.294 e. The van der Waals surface area contributed by atoms with E-state index in [2.05, 4.69) is 16.9 Å². The van der Waals surface area contributed by atoms with Crippen LogP contribution in [0.3, 0.4) is 0 Å². The first kappa shape index (κ1) is 6.01. The molecule has 0 amide bonds. The first-order valence-corrected chi connectivity index (χ1v) is 2.57. The van der Waals surface area contributed by atoms with Crippen LogP contribution in [0.2, 0.25) is 0 Å². The monoisotopic (exact) mass is 126 g/mol. The molecule has 48 valence electrons. The Balaban J connectivity index is 2.73. The van der Waals surface area contributed by atoms with Crippen molar-refractivity contribution in [1.29, 1.82) is 0 Å². The van der Waals surface area contributed by atoms with Gasteiger partial charge in [-0.05, 0) is 12.2 Å². The normalized spacial score (nSPS) is 31.7. The number of hydrogen-bond donors (Lipinski definition) is 1. The molecule has 0 radical (unpaired) electrons. The Hall–Kier alpha value is -1.12. The van der Waals surface area contributed by atoms with Crippen LogP contribution in [0.15, 0.2) is 29.9 Å². The second-order valence-corrected chi connectivity index (χ2v) is 1.66. The zero-order valence-corrected chi connectivity index (χ0v) is 4.84. The van der Waals surface area contributed by atoms with Crippen molar-refractivity contribution in [2.24, 2.45) is 4.99 Å². The van der Waals surface area contributed by atoms with E-state index in [4.69, 9.17) is 0 Å². The third-order valence-electron chi connectivity index (χ3n) is 1.00. The number of nitrogens with zero attached hydrogens (tertiary/aromatic N) is 1. The fourth-order valence-electron chi connectivity index (χ4n) is 0.508. The highest BCUT2D eigenvalue weighted by Crippen LogP contribution is 2.10. The smallest absolute Gasteiger partial charge is 0.294 e. The third kappa shape index (κ3) is 1.16. The molecule has 0 bridgehead atoms. The lowest BCUT2D eigenvalue weighted by atomic mass is 10.4. The Labute approximate surface area is 52.8 Å². The second kappa shape index (κ2) is 2.01. The molecule has 0 saturated heterocycles. The van der Waals surface area contributed by atoms with Crippen LogP contribution >= 0.6 is 0 Å². The van der Waals surface area contributed by atoms with Crippen molar-refractivity contribution in [2.75, 3.05) is 0 Å². The Morgan fingerprint density at radius 3 is 2.89 bits per heavy atom. The molecule has 0 aliphatic carbocycles. The molecule has 0 aromatic carbocycles. The first-order valence-electron chi connectivity index (χ1n) is 2.57. The van der Waals surface area contributed by atoms with Gasteiger partial charge in [0.25, 0.3) is 5.92 Å². The molecule has 1 unspecified atom stereocenters. The Morgan fingerprint density at radius 2 is 2.56 bits per heavy atom. The summed E-state index contributed by atoms with van der Waals surface area (Å²) in [6.45, 7) is 3.27. The maximum absolute atomic E-state index is 12.8. The van der Waals surface area contributed by atoms with Gasteiger partial charge in [0.15, 0.2) is 0 Å². The molecule has 0 fully saturated rings. The fourth-order valence-corrected chi connectivity index (χ4v) is 0.508. The lowest BCUT2D eigenvalue weighted by molar-refractivity contribution is 0.212. The molecule has 0 aromatic rings. The Morgan fingerprint density at radius 1 is 1.78 bits per heavy atom. The highest BCUT2D eigenvalue weighted by molar-refractivity contribution is 5.72. The molecule has 1 aliphatic heterocycles. The molecule has 0 spiro atoms. The summed E-state index contributed by atoms with van der Waals surface area (Å²) in [6, 6.07) is 0. The van der Waals surface area contributed by atoms with Crippen LogP contribution in [0.4, 0.5) is 4.39 Å². The van der Waals surface area contributed by atoms with Crippen LogP contribution in [-0.2, 0) is 0 Å². The lowest BCUT2D eigenvalue weighted by Crippen LogP contribution is -2.34. The molecule has 1 aliphatic rings. The minimum atomic E-state index is -1.78. The summed E-state index contributed by atoms with van der Waals surface area (Å²) in [4.78, 5) is 3.47. The standard InChI is InChI=1S/C6H7FN2/c1-2-6(7)8-4-3-5-9-6/h2-5,8H,1H2. The zero-order chi connectivity index (χ0) is 6.74. The fraction of sp³-hybridized carbons (Fsp3) is 0.167. The maximum atomic E-state index is 12.8. The summed E-state index contributed by atoms with van der Waals surface area (Å²) < 4.78 is 12.8. The summed E-state index contributed by atoms with van der Waals surface area (Å²) in [5, 5.41) is 2.38. The molecule has 9 heavy (non-hydrogen) atoms. The van der Waals surface area contributed by atoms with Gasteiger partial charge in [-0.3, -0.25) is 0 Å². The van der Waals surface area contributed by atoms with Gasteiger partial charge in [0.1, 0.15) is 0 Å². The number of aliphatic imine (C=N–C) groups is 1. The topological polar surface area (TPSA) is 24.4 Å². The SMILES string of the molecule is C=CC1(F)N=CC=CN1. The van der Waals surface area contributed by atoms with E-state index in [1.54, 1.807) is 6.08 Å². The number of halogens is 1. The minimum Gasteiger partial charge on any atom is -0.338 e. The van der Waals surface area contributed by atoms with Crippen LogP contribution < -0.4 is 5.32 Å². The molecule has 1 atom stereocenters. The summed E-state index contributed by atoms with van der Waals surface area (Å²) in [5.74, 6) is -1.78. The predicted molar refractivity (Wildman–Crippen MR) is 34.8 cm³/mol. The average molecular weight is 126 g/mol. The third-order valence-corrected chi connectivity index (χ3v) is 1.00. The molecule has 3 heteroatoms. The second-order valence-electron chi connectivity index (χ2n) is 1.66. The summed E-state index contributed by atoms with van der Waals surface area (Å²) >= 11 is 0. The highest BCUT2D eigenvalue weighted by Gasteiger charge is 2.21. The van der Waals surface area contributed by atoms with Gasteiger partial charge < -0.3 is 5.32 Å². The van der Waals surface area contributed by atoms with Crippen LogP contribution in [0.5, 0.6) is 0 Å². The first-order chi connectivity index (χ1) is 4.27. The molecule has 1 rings (SSSR count). The van der Waals surface area contributed by atoms with Crippen LogP contribution in [0, 0.1) is 0 Å². The number of allylic oxidation sites excluding steroid dienone is 1. The molecular weight excluding hydrogens is 119 g/mol. The number of alkyl halides is 1. The van der Waals surface area contributed by atoms with Crippen LogP contribution in [0.1, 0.15) is 0 Å². The van der Waals surface area contributed by atoms with Crippen LogP contribution in [0.25, 0.3) is 0 Å².